The molecule has 162 valence electrons. The molecule has 1 saturated heterocycles. The van der Waals surface area contributed by atoms with E-state index in [1.807, 2.05) is 38.1 Å². The van der Waals surface area contributed by atoms with Gasteiger partial charge in [-0.15, -0.1) is 0 Å². The van der Waals surface area contributed by atoms with Gasteiger partial charge in [0.05, 0.1) is 5.39 Å². The molecule has 1 aromatic carbocycles. The van der Waals surface area contributed by atoms with Crippen molar-refractivity contribution in [1.82, 2.24) is 25.2 Å². The minimum Gasteiger partial charge on any atom is -0.383 e. The van der Waals surface area contributed by atoms with Gasteiger partial charge in [0.1, 0.15) is 5.82 Å². The van der Waals surface area contributed by atoms with Crippen molar-refractivity contribution in [1.29, 1.82) is 0 Å². The molecule has 3 aromatic rings. The average molecular weight is 420 g/mol. The van der Waals surface area contributed by atoms with Crippen molar-refractivity contribution in [3.63, 3.8) is 0 Å². The molecule has 0 spiro atoms. The Morgan fingerprint density at radius 1 is 1.16 bits per heavy atom. The first-order chi connectivity index (χ1) is 14.9. The van der Waals surface area contributed by atoms with E-state index in [9.17, 15) is 4.79 Å². The van der Waals surface area contributed by atoms with Gasteiger partial charge in [-0.1, -0.05) is 12.1 Å². The molecule has 0 aliphatic carbocycles. The lowest BCUT2D eigenvalue weighted by molar-refractivity contribution is 0.0963. The Bertz CT molecular complexity index is 1110. The van der Waals surface area contributed by atoms with Gasteiger partial charge in [-0.2, -0.15) is 9.97 Å². The number of aromatic nitrogens is 3. The number of nitrogen functional groups attached to an aromatic ring is 1. The molecule has 0 unspecified atom stereocenters. The van der Waals surface area contributed by atoms with Gasteiger partial charge in [0, 0.05) is 44.0 Å². The van der Waals surface area contributed by atoms with Crippen LogP contribution in [0.1, 0.15) is 40.0 Å². The van der Waals surface area contributed by atoms with E-state index in [4.69, 9.17) is 5.73 Å². The smallest absolute Gasteiger partial charge is 0.251 e. The summed E-state index contributed by atoms with van der Waals surface area (Å²) in [6, 6.07) is 10.1. The number of hydrogen-bond donors (Lipinski definition) is 3. The Kier molecular flexibility index (Phi) is 5.99. The number of pyridine rings is 1. The molecule has 0 bridgehead atoms. The van der Waals surface area contributed by atoms with E-state index in [1.54, 1.807) is 7.05 Å². The van der Waals surface area contributed by atoms with Crippen LogP contribution in [0.5, 0.6) is 0 Å². The summed E-state index contributed by atoms with van der Waals surface area (Å²) in [6.07, 6.45) is 1.97. The van der Waals surface area contributed by atoms with Crippen molar-refractivity contribution in [2.75, 3.05) is 31.2 Å². The van der Waals surface area contributed by atoms with E-state index in [1.165, 1.54) is 0 Å². The molecule has 1 amide bonds. The number of nitrogens with two attached hydrogens (primary N) is 1. The fourth-order valence-corrected chi connectivity index (χ4v) is 4.21. The van der Waals surface area contributed by atoms with Crippen LogP contribution < -0.4 is 16.4 Å². The number of benzene rings is 1. The fourth-order valence-electron chi connectivity index (χ4n) is 4.21. The Morgan fingerprint density at radius 3 is 2.68 bits per heavy atom. The predicted molar refractivity (Wildman–Crippen MR) is 123 cm³/mol. The number of amides is 1. The minimum atomic E-state index is -0.0562. The standard InChI is InChI=1S/C23H29N7O/c1-14-11-15(2)26-21-19(14)20(24)28-23(29-21)27-18-7-9-30(10-8-18)13-16-5-4-6-17(12-16)22(31)25-3/h4-6,11-12,18H,7-10,13H2,1-3H3,(H,25,31)(H3,24,26,27,28,29). The van der Waals surface area contributed by atoms with Crippen LogP contribution in [0.15, 0.2) is 30.3 Å². The number of likely N-dealkylation sites (tertiary alicyclic amines) is 1. The normalized spacial score (nSPS) is 15.2. The van der Waals surface area contributed by atoms with Crippen LogP contribution in [0.3, 0.4) is 0 Å². The molecule has 1 aliphatic rings. The summed E-state index contributed by atoms with van der Waals surface area (Å²) in [5, 5.41) is 6.95. The minimum absolute atomic E-state index is 0.0562. The summed E-state index contributed by atoms with van der Waals surface area (Å²) < 4.78 is 0. The van der Waals surface area contributed by atoms with E-state index in [-0.39, 0.29) is 11.9 Å². The number of carbonyl (C=O) groups is 1. The maximum Gasteiger partial charge on any atom is 0.251 e. The van der Waals surface area contributed by atoms with E-state index in [0.717, 1.165) is 54.7 Å². The van der Waals surface area contributed by atoms with E-state index in [2.05, 4.69) is 36.6 Å². The molecule has 0 atom stereocenters. The summed E-state index contributed by atoms with van der Waals surface area (Å²) in [7, 11) is 1.65. The quantitative estimate of drug-likeness (QED) is 0.583. The molecule has 3 heterocycles. The van der Waals surface area contributed by atoms with Gasteiger partial charge >= 0.3 is 0 Å². The fraction of sp³-hybridized carbons (Fsp3) is 0.391. The predicted octanol–water partition coefficient (Wildman–Crippen LogP) is 2.66. The number of nitrogens with zero attached hydrogens (tertiary/aromatic N) is 4. The molecule has 1 fully saturated rings. The highest BCUT2D eigenvalue weighted by atomic mass is 16.1. The first kappa shape index (κ1) is 21.0. The van der Waals surface area contributed by atoms with Crippen LogP contribution in [0.2, 0.25) is 0 Å². The lowest BCUT2D eigenvalue weighted by Crippen LogP contribution is -2.39. The van der Waals surface area contributed by atoms with Gasteiger partial charge in [0.2, 0.25) is 5.95 Å². The molecular formula is C23H29N7O. The zero-order valence-corrected chi connectivity index (χ0v) is 18.3. The second-order valence-corrected chi connectivity index (χ2v) is 8.19. The van der Waals surface area contributed by atoms with Crippen molar-refractivity contribution >= 4 is 28.7 Å². The Morgan fingerprint density at radius 2 is 1.94 bits per heavy atom. The molecular weight excluding hydrogens is 390 g/mol. The van der Waals surface area contributed by atoms with Crippen LogP contribution in [0.25, 0.3) is 11.0 Å². The molecule has 8 nitrogen and oxygen atoms in total. The summed E-state index contributed by atoms with van der Waals surface area (Å²) in [4.78, 5) is 27.9. The largest absolute Gasteiger partial charge is 0.383 e. The molecule has 1 aliphatic heterocycles. The van der Waals surface area contributed by atoms with Crippen LogP contribution in [-0.4, -0.2) is 51.9 Å². The third kappa shape index (κ3) is 4.74. The van der Waals surface area contributed by atoms with Crippen molar-refractivity contribution in [2.24, 2.45) is 0 Å². The third-order valence-electron chi connectivity index (χ3n) is 5.76. The van der Waals surface area contributed by atoms with E-state index >= 15 is 0 Å². The highest BCUT2D eigenvalue weighted by Crippen LogP contribution is 2.24. The van der Waals surface area contributed by atoms with Crippen molar-refractivity contribution in [2.45, 2.75) is 39.3 Å². The van der Waals surface area contributed by atoms with Gasteiger partial charge < -0.3 is 16.4 Å². The third-order valence-corrected chi connectivity index (χ3v) is 5.76. The van der Waals surface area contributed by atoms with Crippen molar-refractivity contribution in [3.05, 3.63) is 52.7 Å². The van der Waals surface area contributed by atoms with E-state index in [0.29, 0.717) is 23.0 Å². The summed E-state index contributed by atoms with van der Waals surface area (Å²) in [5.74, 6) is 0.949. The number of fused-ring (bicyclic) bond motifs is 1. The monoisotopic (exact) mass is 419 g/mol. The maximum atomic E-state index is 11.9. The number of aryl methyl sites for hydroxylation is 2. The summed E-state index contributed by atoms with van der Waals surface area (Å²) in [5.41, 5.74) is 10.6. The van der Waals surface area contributed by atoms with Crippen LogP contribution in [-0.2, 0) is 6.54 Å². The molecule has 31 heavy (non-hydrogen) atoms. The van der Waals surface area contributed by atoms with Gasteiger partial charge in [0.25, 0.3) is 5.91 Å². The SMILES string of the molecule is CNC(=O)c1cccc(CN2CCC(Nc3nc(N)c4c(C)cc(C)nc4n3)CC2)c1. The second-order valence-electron chi connectivity index (χ2n) is 8.19. The Balaban J connectivity index is 1.38. The van der Waals surface area contributed by atoms with E-state index < -0.39 is 0 Å². The number of piperidine rings is 1. The Hall–Kier alpha value is -3.26. The summed E-state index contributed by atoms with van der Waals surface area (Å²) >= 11 is 0. The molecule has 2 aromatic heterocycles. The summed E-state index contributed by atoms with van der Waals surface area (Å²) in [6.45, 7) is 6.71. The molecule has 0 saturated carbocycles. The topological polar surface area (TPSA) is 109 Å². The number of hydrogen-bond acceptors (Lipinski definition) is 7. The van der Waals surface area contributed by atoms with Gasteiger partial charge in [-0.3, -0.25) is 9.69 Å². The first-order valence-corrected chi connectivity index (χ1v) is 10.6. The van der Waals surface area contributed by atoms with Gasteiger partial charge in [0.15, 0.2) is 5.65 Å². The number of carbonyl (C=O) groups excluding carboxylic acids is 1. The lowest BCUT2D eigenvalue weighted by Gasteiger charge is -2.32. The highest BCUT2D eigenvalue weighted by Gasteiger charge is 2.21. The molecule has 4 N–H and O–H groups in total. The number of rotatable bonds is 5. The maximum absolute atomic E-state index is 11.9. The molecule has 0 radical (unpaired) electrons. The van der Waals surface area contributed by atoms with Crippen LogP contribution >= 0.6 is 0 Å². The first-order valence-electron chi connectivity index (χ1n) is 10.6. The van der Waals surface area contributed by atoms with Crippen molar-refractivity contribution < 1.29 is 4.79 Å². The van der Waals surface area contributed by atoms with Crippen LogP contribution in [0.4, 0.5) is 11.8 Å². The van der Waals surface area contributed by atoms with Crippen molar-refractivity contribution in [3.8, 4) is 0 Å². The molecule has 4 rings (SSSR count). The zero-order valence-electron chi connectivity index (χ0n) is 18.3. The van der Waals surface area contributed by atoms with Gasteiger partial charge in [-0.25, -0.2) is 4.98 Å². The lowest BCUT2D eigenvalue weighted by atomic mass is 10.0. The highest BCUT2D eigenvalue weighted by molar-refractivity contribution is 5.94. The van der Waals surface area contributed by atoms with Gasteiger partial charge in [-0.05, 0) is 56.0 Å². The zero-order chi connectivity index (χ0) is 22.0. The number of anilines is 2. The Labute approximate surface area is 182 Å². The average Bonchev–Trinajstić information content (AvgIpc) is 2.74. The van der Waals surface area contributed by atoms with Crippen LogP contribution in [0, 0.1) is 13.8 Å². The molecule has 8 heteroatoms. The number of nitrogens with one attached hydrogen (secondary N) is 2. The second kappa shape index (κ2) is 8.85.